The Hall–Kier alpha value is -1.84. The van der Waals surface area contributed by atoms with E-state index in [4.69, 9.17) is 16.0 Å². The summed E-state index contributed by atoms with van der Waals surface area (Å²) in [6, 6.07) is 12.2. The molecule has 1 unspecified atom stereocenters. The third-order valence-corrected chi connectivity index (χ3v) is 4.27. The van der Waals surface area contributed by atoms with Crippen LogP contribution in [0.5, 0.6) is 0 Å². The summed E-state index contributed by atoms with van der Waals surface area (Å²) < 4.78 is 6.04. The lowest BCUT2D eigenvalue weighted by molar-refractivity contribution is 0.464. The largest absolute Gasteiger partial charge is 0.440 e. The van der Waals surface area contributed by atoms with Crippen LogP contribution in [0.4, 0.5) is 0 Å². The zero-order chi connectivity index (χ0) is 14.4. The van der Waals surface area contributed by atoms with Crippen LogP contribution in [-0.4, -0.2) is 11.5 Å². The molecule has 0 aliphatic carbocycles. The number of fused-ring (bicyclic) bond motifs is 2. The lowest BCUT2D eigenvalue weighted by atomic mass is 9.91. The molecular formula is C17H15ClN2O. The molecule has 1 aromatic heterocycles. The van der Waals surface area contributed by atoms with E-state index in [0.29, 0.717) is 5.02 Å². The predicted molar refractivity (Wildman–Crippen MR) is 83.7 cm³/mol. The van der Waals surface area contributed by atoms with Crippen LogP contribution in [0, 0.1) is 6.92 Å². The minimum Gasteiger partial charge on any atom is -0.440 e. The number of hydrogen-bond donors (Lipinski definition) is 1. The molecule has 2 heterocycles. The van der Waals surface area contributed by atoms with Crippen molar-refractivity contribution in [1.29, 1.82) is 0 Å². The SMILES string of the molecule is Cc1cc(Cl)cc2nc(C3CNCc4ccccc43)oc12. The number of rotatable bonds is 1. The topological polar surface area (TPSA) is 38.1 Å². The molecule has 0 radical (unpaired) electrons. The van der Waals surface area contributed by atoms with Gasteiger partial charge in [0.15, 0.2) is 5.58 Å². The van der Waals surface area contributed by atoms with Crippen LogP contribution in [0.15, 0.2) is 40.8 Å². The Labute approximate surface area is 127 Å². The van der Waals surface area contributed by atoms with Gasteiger partial charge in [-0.05, 0) is 35.7 Å². The molecule has 1 aliphatic rings. The van der Waals surface area contributed by atoms with Crippen molar-refractivity contribution in [2.45, 2.75) is 19.4 Å². The van der Waals surface area contributed by atoms with Crippen LogP contribution in [0.25, 0.3) is 11.1 Å². The lowest BCUT2D eigenvalue weighted by Crippen LogP contribution is -2.28. The maximum Gasteiger partial charge on any atom is 0.204 e. The monoisotopic (exact) mass is 298 g/mol. The van der Waals surface area contributed by atoms with Gasteiger partial charge in [0.25, 0.3) is 0 Å². The van der Waals surface area contributed by atoms with Gasteiger partial charge in [0.1, 0.15) is 5.52 Å². The van der Waals surface area contributed by atoms with E-state index in [1.165, 1.54) is 11.1 Å². The molecule has 0 saturated heterocycles. The maximum absolute atomic E-state index is 6.11. The Morgan fingerprint density at radius 3 is 3.05 bits per heavy atom. The maximum atomic E-state index is 6.11. The standard InChI is InChI=1S/C17H15ClN2O/c1-10-6-12(18)7-15-16(10)21-17(20-15)14-9-19-8-11-4-2-3-5-13(11)14/h2-7,14,19H,8-9H2,1H3. The first-order valence-corrected chi connectivity index (χ1v) is 7.45. The molecule has 1 N–H and O–H groups in total. The molecule has 4 heteroatoms. The first kappa shape index (κ1) is 12.9. The molecule has 106 valence electrons. The van der Waals surface area contributed by atoms with Gasteiger partial charge in [-0.2, -0.15) is 0 Å². The molecule has 2 aromatic carbocycles. The number of oxazole rings is 1. The van der Waals surface area contributed by atoms with Crippen LogP contribution in [0.1, 0.15) is 28.5 Å². The Morgan fingerprint density at radius 2 is 2.14 bits per heavy atom. The van der Waals surface area contributed by atoms with Crippen molar-refractivity contribution in [2.24, 2.45) is 0 Å². The molecule has 3 aromatic rings. The summed E-state index contributed by atoms with van der Waals surface area (Å²) in [4.78, 5) is 4.67. The Balaban J connectivity index is 1.86. The van der Waals surface area contributed by atoms with Crippen molar-refractivity contribution in [1.82, 2.24) is 10.3 Å². The second-order valence-corrected chi connectivity index (χ2v) is 5.94. The highest BCUT2D eigenvalue weighted by Crippen LogP contribution is 2.33. The third-order valence-electron chi connectivity index (χ3n) is 4.05. The molecule has 0 amide bonds. The van der Waals surface area contributed by atoms with E-state index in [1.807, 2.05) is 19.1 Å². The fourth-order valence-electron chi connectivity index (χ4n) is 3.04. The highest BCUT2D eigenvalue weighted by atomic mass is 35.5. The van der Waals surface area contributed by atoms with Crippen molar-refractivity contribution in [3.8, 4) is 0 Å². The molecule has 21 heavy (non-hydrogen) atoms. The van der Waals surface area contributed by atoms with E-state index in [0.717, 1.165) is 35.6 Å². The Morgan fingerprint density at radius 1 is 1.29 bits per heavy atom. The number of halogens is 1. The lowest BCUT2D eigenvalue weighted by Gasteiger charge is -2.23. The average molecular weight is 299 g/mol. The Bertz CT molecular complexity index is 825. The van der Waals surface area contributed by atoms with Gasteiger partial charge in [0, 0.05) is 18.1 Å². The second-order valence-electron chi connectivity index (χ2n) is 5.51. The van der Waals surface area contributed by atoms with E-state index in [-0.39, 0.29) is 5.92 Å². The van der Waals surface area contributed by atoms with Crippen molar-refractivity contribution in [2.75, 3.05) is 6.54 Å². The average Bonchev–Trinajstić information content (AvgIpc) is 2.90. The first-order chi connectivity index (χ1) is 10.2. The van der Waals surface area contributed by atoms with Gasteiger partial charge < -0.3 is 9.73 Å². The zero-order valence-corrected chi connectivity index (χ0v) is 12.4. The van der Waals surface area contributed by atoms with Gasteiger partial charge in [0.2, 0.25) is 5.89 Å². The first-order valence-electron chi connectivity index (χ1n) is 7.07. The summed E-state index contributed by atoms with van der Waals surface area (Å²) in [7, 11) is 0. The fourth-order valence-corrected chi connectivity index (χ4v) is 3.31. The van der Waals surface area contributed by atoms with Gasteiger partial charge in [0.05, 0.1) is 5.92 Å². The predicted octanol–water partition coefficient (Wildman–Crippen LogP) is 4.02. The van der Waals surface area contributed by atoms with E-state index < -0.39 is 0 Å². The Kier molecular flexibility index (Phi) is 2.98. The third kappa shape index (κ3) is 2.13. The number of nitrogens with zero attached hydrogens (tertiary/aromatic N) is 1. The van der Waals surface area contributed by atoms with Crippen molar-refractivity contribution in [3.05, 3.63) is 64.0 Å². The molecule has 3 nitrogen and oxygen atoms in total. The van der Waals surface area contributed by atoms with Crippen molar-refractivity contribution < 1.29 is 4.42 Å². The summed E-state index contributed by atoms with van der Waals surface area (Å²) in [5.74, 6) is 0.913. The highest BCUT2D eigenvalue weighted by molar-refractivity contribution is 6.31. The second kappa shape index (κ2) is 4.86. The number of nitrogens with one attached hydrogen (secondary N) is 1. The molecular weight excluding hydrogens is 284 g/mol. The smallest absolute Gasteiger partial charge is 0.204 e. The molecule has 1 atom stereocenters. The van der Waals surface area contributed by atoms with Crippen LogP contribution in [-0.2, 0) is 6.54 Å². The van der Waals surface area contributed by atoms with E-state index in [9.17, 15) is 0 Å². The normalized spacial score (nSPS) is 17.9. The quantitative estimate of drug-likeness (QED) is 0.737. The van der Waals surface area contributed by atoms with Gasteiger partial charge in [-0.1, -0.05) is 35.9 Å². The fraction of sp³-hybridized carbons (Fsp3) is 0.235. The highest BCUT2D eigenvalue weighted by Gasteiger charge is 2.26. The van der Waals surface area contributed by atoms with Gasteiger partial charge in [-0.25, -0.2) is 4.98 Å². The molecule has 0 fully saturated rings. The minimum absolute atomic E-state index is 0.153. The van der Waals surface area contributed by atoms with Crippen LogP contribution in [0.3, 0.4) is 0 Å². The van der Waals surface area contributed by atoms with Crippen molar-refractivity contribution >= 4 is 22.7 Å². The molecule has 0 spiro atoms. The number of aryl methyl sites for hydroxylation is 1. The molecule has 0 bridgehead atoms. The van der Waals surface area contributed by atoms with Gasteiger partial charge in [-0.3, -0.25) is 0 Å². The molecule has 4 rings (SSSR count). The van der Waals surface area contributed by atoms with Gasteiger partial charge in [-0.15, -0.1) is 0 Å². The zero-order valence-electron chi connectivity index (χ0n) is 11.7. The number of hydrogen-bond acceptors (Lipinski definition) is 3. The van der Waals surface area contributed by atoms with Gasteiger partial charge >= 0.3 is 0 Å². The summed E-state index contributed by atoms with van der Waals surface area (Å²) in [6.45, 7) is 3.74. The molecule has 1 aliphatic heterocycles. The minimum atomic E-state index is 0.153. The summed E-state index contributed by atoms with van der Waals surface area (Å²) in [5, 5.41) is 4.13. The summed E-state index contributed by atoms with van der Waals surface area (Å²) in [5.41, 5.74) is 5.29. The van der Waals surface area contributed by atoms with Crippen LogP contribution >= 0.6 is 11.6 Å². The van der Waals surface area contributed by atoms with E-state index in [2.05, 4.69) is 34.6 Å². The van der Waals surface area contributed by atoms with E-state index in [1.54, 1.807) is 0 Å². The summed E-state index contributed by atoms with van der Waals surface area (Å²) >= 11 is 6.11. The number of benzene rings is 2. The van der Waals surface area contributed by atoms with Crippen LogP contribution < -0.4 is 5.32 Å². The van der Waals surface area contributed by atoms with Crippen LogP contribution in [0.2, 0.25) is 5.02 Å². The van der Waals surface area contributed by atoms with E-state index >= 15 is 0 Å². The number of aromatic nitrogens is 1. The molecule has 0 saturated carbocycles. The summed E-state index contributed by atoms with van der Waals surface area (Å²) in [6.07, 6.45) is 0. The van der Waals surface area contributed by atoms with Crippen molar-refractivity contribution in [3.63, 3.8) is 0 Å².